The minimum Gasteiger partial charge on any atom is -0.468 e. The van der Waals surface area contributed by atoms with Crippen LogP contribution in [0.2, 0.25) is 0 Å². The fraction of sp³-hybridized carbons (Fsp3) is 0.375. The molecule has 33 heavy (non-hydrogen) atoms. The van der Waals surface area contributed by atoms with Crippen LogP contribution in [0.4, 0.5) is 0 Å². The van der Waals surface area contributed by atoms with E-state index < -0.39 is 0 Å². The number of fused-ring (bicyclic) bond motifs is 1. The molecule has 2 aliphatic heterocycles. The van der Waals surface area contributed by atoms with Crippen molar-refractivity contribution in [1.29, 1.82) is 0 Å². The van der Waals surface area contributed by atoms with Crippen LogP contribution in [0.1, 0.15) is 37.9 Å². The number of aromatic nitrogens is 2. The maximum atomic E-state index is 13.4. The van der Waals surface area contributed by atoms with Crippen LogP contribution in [0.3, 0.4) is 0 Å². The molecule has 4 heterocycles. The Kier molecular flexibility index (Phi) is 5.87. The molecule has 5 rings (SSSR count). The van der Waals surface area contributed by atoms with Gasteiger partial charge in [0.15, 0.2) is 11.5 Å². The Bertz CT molecular complexity index is 1150. The summed E-state index contributed by atoms with van der Waals surface area (Å²) in [6, 6.07) is 13.3. The SMILES string of the molecule is COc1ccc(C(=O)N2CCc3c(c(C(=O)N4CCOCC4)nn3Cc3ccccc3)C2)o1. The van der Waals surface area contributed by atoms with Gasteiger partial charge in [0.1, 0.15) is 0 Å². The van der Waals surface area contributed by atoms with E-state index in [-0.39, 0.29) is 23.5 Å². The zero-order chi connectivity index (χ0) is 22.8. The second kappa shape index (κ2) is 9.11. The van der Waals surface area contributed by atoms with E-state index in [0.29, 0.717) is 58.1 Å². The van der Waals surface area contributed by atoms with Gasteiger partial charge < -0.3 is 23.7 Å². The fourth-order valence-corrected chi connectivity index (χ4v) is 4.34. The zero-order valence-corrected chi connectivity index (χ0v) is 18.5. The van der Waals surface area contributed by atoms with Gasteiger partial charge in [0, 0.05) is 43.4 Å². The average molecular weight is 450 g/mol. The number of ether oxygens (including phenoxy) is 2. The van der Waals surface area contributed by atoms with Crippen molar-refractivity contribution in [3.8, 4) is 5.95 Å². The lowest BCUT2D eigenvalue weighted by Gasteiger charge is -2.29. The highest BCUT2D eigenvalue weighted by Gasteiger charge is 2.33. The molecule has 2 aliphatic rings. The number of hydrogen-bond donors (Lipinski definition) is 0. The second-order valence-corrected chi connectivity index (χ2v) is 8.12. The van der Waals surface area contributed by atoms with Gasteiger partial charge in [0.25, 0.3) is 17.8 Å². The number of methoxy groups -OCH3 is 1. The summed E-state index contributed by atoms with van der Waals surface area (Å²) in [6.45, 7) is 3.50. The molecular formula is C24H26N4O5. The van der Waals surface area contributed by atoms with Gasteiger partial charge in [-0.15, -0.1) is 0 Å². The number of benzene rings is 1. The van der Waals surface area contributed by atoms with E-state index in [0.717, 1.165) is 16.8 Å². The van der Waals surface area contributed by atoms with Crippen molar-refractivity contribution < 1.29 is 23.5 Å². The minimum absolute atomic E-state index is 0.115. The molecule has 2 amide bonds. The van der Waals surface area contributed by atoms with Gasteiger partial charge in [-0.3, -0.25) is 14.3 Å². The fourth-order valence-electron chi connectivity index (χ4n) is 4.34. The van der Waals surface area contributed by atoms with E-state index in [4.69, 9.17) is 19.0 Å². The summed E-state index contributed by atoms with van der Waals surface area (Å²) >= 11 is 0. The van der Waals surface area contributed by atoms with E-state index in [1.807, 2.05) is 35.0 Å². The molecule has 1 aromatic carbocycles. The van der Waals surface area contributed by atoms with E-state index in [2.05, 4.69) is 0 Å². The molecule has 3 aromatic rings. The smallest absolute Gasteiger partial charge is 0.290 e. The minimum atomic E-state index is -0.232. The van der Waals surface area contributed by atoms with Crippen LogP contribution >= 0.6 is 0 Å². The third-order valence-electron chi connectivity index (χ3n) is 6.09. The Morgan fingerprint density at radius 3 is 2.52 bits per heavy atom. The number of hydrogen-bond acceptors (Lipinski definition) is 6. The number of rotatable bonds is 5. The van der Waals surface area contributed by atoms with Crippen molar-refractivity contribution >= 4 is 11.8 Å². The molecule has 0 bridgehead atoms. The van der Waals surface area contributed by atoms with Crippen LogP contribution < -0.4 is 4.74 Å². The lowest BCUT2D eigenvalue weighted by atomic mass is 10.0. The van der Waals surface area contributed by atoms with Crippen molar-refractivity contribution in [2.45, 2.75) is 19.5 Å². The van der Waals surface area contributed by atoms with Crippen LogP contribution in [0.15, 0.2) is 46.9 Å². The molecule has 0 spiro atoms. The highest BCUT2D eigenvalue weighted by molar-refractivity contribution is 5.95. The molecule has 9 heteroatoms. The first kappa shape index (κ1) is 21.3. The molecular weight excluding hydrogens is 424 g/mol. The van der Waals surface area contributed by atoms with E-state index in [1.54, 1.807) is 21.9 Å². The molecule has 0 aliphatic carbocycles. The Labute approximate surface area is 191 Å². The Hall–Kier alpha value is -3.59. The standard InChI is InChI=1S/C24H26N4O5/c1-31-21-8-7-20(33-21)23(29)27-10-9-19-18(16-27)22(24(30)26-11-13-32-14-12-26)25-28(19)15-17-5-3-2-4-6-17/h2-8H,9-16H2,1H3. The van der Waals surface area contributed by atoms with Crippen molar-refractivity contribution in [1.82, 2.24) is 19.6 Å². The number of nitrogens with zero attached hydrogens (tertiary/aromatic N) is 4. The molecule has 1 saturated heterocycles. The third-order valence-corrected chi connectivity index (χ3v) is 6.09. The zero-order valence-electron chi connectivity index (χ0n) is 18.5. The molecule has 0 unspecified atom stereocenters. The maximum absolute atomic E-state index is 13.4. The predicted octanol–water partition coefficient (Wildman–Crippen LogP) is 2.20. The van der Waals surface area contributed by atoms with Crippen molar-refractivity contribution in [3.05, 3.63) is 70.7 Å². The molecule has 9 nitrogen and oxygen atoms in total. The van der Waals surface area contributed by atoms with Gasteiger partial charge in [-0.2, -0.15) is 5.10 Å². The average Bonchev–Trinajstić information content (AvgIpc) is 3.49. The van der Waals surface area contributed by atoms with Gasteiger partial charge in [-0.1, -0.05) is 30.3 Å². The quantitative estimate of drug-likeness (QED) is 0.592. The molecule has 0 atom stereocenters. The first-order valence-corrected chi connectivity index (χ1v) is 11.1. The first-order chi connectivity index (χ1) is 16.1. The summed E-state index contributed by atoms with van der Waals surface area (Å²) < 4.78 is 17.8. The summed E-state index contributed by atoms with van der Waals surface area (Å²) in [4.78, 5) is 29.9. The second-order valence-electron chi connectivity index (χ2n) is 8.12. The number of carbonyl (C=O) groups is 2. The Morgan fingerprint density at radius 2 is 1.79 bits per heavy atom. The number of morpholine rings is 1. The van der Waals surface area contributed by atoms with Gasteiger partial charge in [-0.25, -0.2) is 0 Å². The molecule has 0 N–H and O–H groups in total. The van der Waals surface area contributed by atoms with Gasteiger partial charge in [-0.05, 0) is 11.6 Å². The topological polar surface area (TPSA) is 90.0 Å². The summed E-state index contributed by atoms with van der Waals surface area (Å²) in [5.41, 5.74) is 3.32. The largest absolute Gasteiger partial charge is 0.468 e. The van der Waals surface area contributed by atoms with Crippen LogP contribution in [0, 0.1) is 0 Å². The Balaban J connectivity index is 1.46. The number of furan rings is 1. The van der Waals surface area contributed by atoms with E-state index in [9.17, 15) is 9.59 Å². The monoisotopic (exact) mass is 450 g/mol. The van der Waals surface area contributed by atoms with Crippen LogP contribution in [-0.2, 0) is 24.2 Å². The summed E-state index contributed by atoms with van der Waals surface area (Å²) in [5.74, 6) is 0.155. The molecule has 0 radical (unpaired) electrons. The lowest BCUT2D eigenvalue weighted by Crippen LogP contribution is -2.42. The van der Waals surface area contributed by atoms with E-state index in [1.165, 1.54) is 7.11 Å². The number of amides is 2. The van der Waals surface area contributed by atoms with Crippen molar-refractivity contribution in [2.75, 3.05) is 40.0 Å². The summed E-state index contributed by atoms with van der Waals surface area (Å²) in [5, 5.41) is 4.75. The number of carbonyl (C=O) groups excluding carboxylic acids is 2. The van der Waals surface area contributed by atoms with Gasteiger partial charge in [0.05, 0.1) is 33.4 Å². The van der Waals surface area contributed by atoms with Gasteiger partial charge in [0.2, 0.25) is 0 Å². The van der Waals surface area contributed by atoms with E-state index >= 15 is 0 Å². The Morgan fingerprint density at radius 1 is 1.00 bits per heavy atom. The van der Waals surface area contributed by atoms with Crippen molar-refractivity contribution in [3.63, 3.8) is 0 Å². The maximum Gasteiger partial charge on any atom is 0.290 e. The first-order valence-electron chi connectivity index (χ1n) is 11.1. The van der Waals surface area contributed by atoms with Gasteiger partial charge >= 0.3 is 0 Å². The predicted molar refractivity (Wildman–Crippen MR) is 118 cm³/mol. The third kappa shape index (κ3) is 4.23. The summed E-state index contributed by atoms with van der Waals surface area (Å²) in [7, 11) is 1.49. The molecule has 2 aromatic heterocycles. The van der Waals surface area contributed by atoms with Crippen molar-refractivity contribution in [2.24, 2.45) is 0 Å². The van der Waals surface area contributed by atoms with Crippen LogP contribution in [-0.4, -0.2) is 71.4 Å². The highest BCUT2D eigenvalue weighted by atomic mass is 16.6. The molecule has 0 saturated carbocycles. The highest BCUT2D eigenvalue weighted by Crippen LogP contribution is 2.27. The lowest BCUT2D eigenvalue weighted by molar-refractivity contribution is 0.0296. The molecule has 1 fully saturated rings. The molecule has 172 valence electrons. The normalized spacial score (nSPS) is 15.9. The van der Waals surface area contributed by atoms with Crippen LogP contribution in [0.5, 0.6) is 5.95 Å². The summed E-state index contributed by atoms with van der Waals surface area (Å²) in [6.07, 6.45) is 0.606. The van der Waals surface area contributed by atoms with Crippen LogP contribution in [0.25, 0.3) is 0 Å².